The molecule has 1 aliphatic heterocycles. The summed E-state index contributed by atoms with van der Waals surface area (Å²) in [7, 11) is 0. The molecule has 2 aromatic rings. The minimum Gasteiger partial charge on any atom is -0.406 e. The molecular weight excluding hydrogens is 377 g/mol. The van der Waals surface area contributed by atoms with Gasteiger partial charge in [0.25, 0.3) is 5.69 Å². The van der Waals surface area contributed by atoms with Crippen molar-refractivity contribution in [2.24, 2.45) is 0 Å². The third-order valence-electron chi connectivity index (χ3n) is 4.94. The number of piperidine rings is 1. The van der Waals surface area contributed by atoms with E-state index in [1.54, 1.807) is 25.1 Å². The molecule has 2 aromatic carbocycles. The highest BCUT2D eigenvalue weighted by Crippen LogP contribution is 2.37. The molecule has 1 fully saturated rings. The third kappa shape index (κ3) is 4.36. The predicted octanol–water partition coefficient (Wildman–Crippen LogP) is 4.29. The van der Waals surface area contributed by atoms with E-state index in [0.29, 0.717) is 37.1 Å². The Bertz CT molecular complexity index is 878. The number of hydrogen-bond donors (Lipinski definition) is 1. The van der Waals surface area contributed by atoms with Crippen molar-refractivity contribution in [2.45, 2.75) is 31.7 Å². The highest BCUT2D eigenvalue weighted by molar-refractivity contribution is 5.55. The molecule has 150 valence electrons. The molecule has 0 saturated carbocycles. The van der Waals surface area contributed by atoms with Crippen molar-refractivity contribution in [1.29, 1.82) is 0 Å². The molecule has 1 heterocycles. The minimum atomic E-state index is -4.79. The SMILES string of the molecule is Cc1cc(N2CCC(O)(c3cccc(OC(F)(F)F)c3)CC2)ccc1[N+](=O)[O-]. The van der Waals surface area contributed by atoms with Crippen LogP contribution in [0.2, 0.25) is 0 Å². The van der Waals surface area contributed by atoms with Gasteiger partial charge in [-0.05, 0) is 49.6 Å². The molecule has 0 bridgehead atoms. The molecule has 3 rings (SSSR count). The molecule has 9 heteroatoms. The van der Waals surface area contributed by atoms with Crippen LogP contribution < -0.4 is 9.64 Å². The molecule has 0 amide bonds. The van der Waals surface area contributed by atoms with E-state index in [-0.39, 0.29) is 11.4 Å². The van der Waals surface area contributed by atoms with Crippen molar-refractivity contribution in [3.63, 3.8) is 0 Å². The van der Waals surface area contributed by atoms with Crippen molar-refractivity contribution in [1.82, 2.24) is 0 Å². The number of rotatable bonds is 4. The fourth-order valence-corrected chi connectivity index (χ4v) is 3.45. The fourth-order valence-electron chi connectivity index (χ4n) is 3.45. The van der Waals surface area contributed by atoms with E-state index in [1.807, 2.05) is 4.90 Å². The van der Waals surface area contributed by atoms with Crippen molar-refractivity contribution in [3.05, 3.63) is 63.7 Å². The molecule has 28 heavy (non-hydrogen) atoms. The Kier molecular flexibility index (Phi) is 5.20. The number of nitrogens with zero attached hydrogens (tertiary/aromatic N) is 2. The number of benzene rings is 2. The molecule has 1 N–H and O–H groups in total. The van der Waals surface area contributed by atoms with Crippen molar-refractivity contribution in [3.8, 4) is 5.75 Å². The first-order chi connectivity index (χ1) is 13.1. The van der Waals surface area contributed by atoms with Gasteiger partial charge in [0, 0.05) is 30.4 Å². The first-order valence-corrected chi connectivity index (χ1v) is 8.66. The molecule has 0 spiro atoms. The van der Waals surface area contributed by atoms with Gasteiger partial charge in [-0.2, -0.15) is 0 Å². The molecule has 0 atom stereocenters. The van der Waals surface area contributed by atoms with Crippen LogP contribution >= 0.6 is 0 Å². The third-order valence-corrected chi connectivity index (χ3v) is 4.94. The van der Waals surface area contributed by atoms with E-state index in [1.165, 1.54) is 24.3 Å². The van der Waals surface area contributed by atoms with Gasteiger partial charge >= 0.3 is 6.36 Å². The highest BCUT2D eigenvalue weighted by Gasteiger charge is 2.36. The Morgan fingerprint density at radius 1 is 1.18 bits per heavy atom. The number of hydrogen-bond acceptors (Lipinski definition) is 5. The Morgan fingerprint density at radius 3 is 2.43 bits per heavy atom. The van der Waals surface area contributed by atoms with Gasteiger partial charge in [0.2, 0.25) is 0 Å². The van der Waals surface area contributed by atoms with Crippen molar-refractivity contribution >= 4 is 11.4 Å². The van der Waals surface area contributed by atoms with E-state index in [4.69, 9.17) is 0 Å². The first-order valence-electron chi connectivity index (χ1n) is 8.66. The van der Waals surface area contributed by atoms with Gasteiger partial charge in [-0.25, -0.2) is 0 Å². The van der Waals surface area contributed by atoms with E-state index < -0.39 is 16.9 Å². The molecular formula is C19H19F3N2O4. The highest BCUT2D eigenvalue weighted by atomic mass is 19.4. The maximum absolute atomic E-state index is 12.4. The summed E-state index contributed by atoms with van der Waals surface area (Å²) in [5.41, 5.74) is 0.490. The van der Waals surface area contributed by atoms with Gasteiger partial charge < -0.3 is 14.7 Å². The largest absolute Gasteiger partial charge is 0.573 e. The molecule has 6 nitrogen and oxygen atoms in total. The second-order valence-corrected chi connectivity index (χ2v) is 6.82. The summed E-state index contributed by atoms with van der Waals surface area (Å²) in [6, 6.07) is 10.2. The number of nitro groups is 1. The lowest BCUT2D eigenvalue weighted by atomic mass is 9.84. The van der Waals surface area contributed by atoms with E-state index in [9.17, 15) is 28.4 Å². The standard InChI is InChI=1S/C19H19F3N2O4/c1-13-11-15(5-6-17(13)24(26)27)23-9-7-18(25,8-10-23)14-3-2-4-16(12-14)28-19(20,21)22/h2-6,11-12,25H,7-10H2,1H3. The zero-order valence-electron chi connectivity index (χ0n) is 15.1. The quantitative estimate of drug-likeness (QED) is 0.616. The van der Waals surface area contributed by atoms with Crippen LogP contribution in [0.4, 0.5) is 24.5 Å². The summed E-state index contributed by atoms with van der Waals surface area (Å²) in [6.07, 6.45) is -4.19. The number of halogens is 3. The lowest BCUT2D eigenvalue weighted by Gasteiger charge is -2.39. The number of nitro benzene ring substituents is 1. The second-order valence-electron chi connectivity index (χ2n) is 6.82. The summed E-state index contributed by atoms with van der Waals surface area (Å²) < 4.78 is 41.2. The zero-order chi connectivity index (χ0) is 20.5. The Hall–Kier alpha value is -2.81. The van der Waals surface area contributed by atoms with Crippen LogP contribution in [0.1, 0.15) is 24.0 Å². The van der Waals surface area contributed by atoms with Gasteiger partial charge in [-0.1, -0.05) is 12.1 Å². The molecule has 0 radical (unpaired) electrons. The summed E-state index contributed by atoms with van der Waals surface area (Å²) in [5.74, 6) is -0.369. The van der Waals surface area contributed by atoms with Crippen LogP contribution in [0, 0.1) is 17.0 Å². The number of aryl methyl sites for hydroxylation is 1. The Morgan fingerprint density at radius 2 is 1.86 bits per heavy atom. The topological polar surface area (TPSA) is 75.8 Å². The van der Waals surface area contributed by atoms with Gasteiger partial charge in [0.15, 0.2) is 0 Å². The average molecular weight is 396 g/mol. The van der Waals surface area contributed by atoms with Gasteiger partial charge in [-0.15, -0.1) is 13.2 Å². The van der Waals surface area contributed by atoms with E-state index >= 15 is 0 Å². The van der Waals surface area contributed by atoms with E-state index in [0.717, 1.165) is 5.69 Å². The first kappa shape index (κ1) is 19.9. The molecule has 0 aromatic heterocycles. The molecule has 0 aliphatic carbocycles. The maximum atomic E-state index is 12.4. The molecule has 0 unspecified atom stereocenters. The normalized spacial score (nSPS) is 16.7. The van der Waals surface area contributed by atoms with Crippen molar-refractivity contribution in [2.75, 3.05) is 18.0 Å². The lowest BCUT2D eigenvalue weighted by molar-refractivity contribution is -0.385. The number of aliphatic hydroxyl groups is 1. The second kappa shape index (κ2) is 7.31. The number of alkyl halides is 3. The lowest BCUT2D eigenvalue weighted by Crippen LogP contribution is -2.42. The van der Waals surface area contributed by atoms with Crippen LogP contribution in [0.15, 0.2) is 42.5 Å². The van der Waals surface area contributed by atoms with Gasteiger partial charge in [-0.3, -0.25) is 10.1 Å². The summed E-state index contributed by atoms with van der Waals surface area (Å²) in [6.45, 7) is 2.57. The van der Waals surface area contributed by atoms with Crippen LogP contribution in [-0.2, 0) is 5.60 Å². The minimum absolute atomic E-state index is 0.0405. The molecule has 1 aliphatic rings. The maximum Gasteiger partial charge on any atom is 0.573 e. The number of anilines is 1. The predicted molar refractivity (Wildman–Crippen MR) is 96.3 cm³/mol. The fraction of sp³-hybridized carbons (Fsp3) is 0.368. The monoisotopic (exact) mass is 396 g/mol. The Balaban J connectivity index is 1.73. The average Bonchev–Trinajstić information content (AvgIpc) is 2.61. The van der Waals surface area contributed by atoms with Crippen LogP contribution in [0.5, 0.6) is 5.75 Å². The van der Waals surface area contributed by atoms with Crippen LogP contribution in [-0.4, -0.2) is 29.5 Å². The van der Waals surface area contributed by atoms with Crippen LogP contribution in [0.3, 0.4) is 0 Å². The number of ether oxygens (including phenoxy) is 1. The smallest absolute Gasteiger partial charge is 0.406 e. The Labute approximate surface area is 159 Å². The molecule has 1 saturated heterocycles. The summed E-state index contributed by atoms with van der Waals surface area (Å²) in [4.78, 5) is 12.5. The zero-order valence-corrected chi connectivity index (χ0v) is 15.1. The summed E-state index contributed by atoms with van der Waals surface area (Å²) >= 11 is 0. The van der Waals surface area contributed by atoms with Crippen LogP contribution in [0.25, 0.3) is 0 Å². The van der Waals surface area contributed by atoms with Crippen molar-refractivity contribution < 1.29 is 27.9 Å². The van der Waals surface area contributed by atoms with Gasteiger partial charge in [0.1, 0.15) is 5.75 Å². The van der Waals surface area contributed by atoms with E-state index in [2.05, 4.69) is 4.74 Å². The summed E-state index contributed by atoms with van der Waals surface area (Å²) in [5, 5.41) is 21.9. The van der Waals surface area contributed by atoms with Gasteiger partial charge in [0.05, 0.1) is 10.5 Å².